The normalized spacial score (nSPS) is 21.9. The third-order valence-corrected chi connectivity index (χ3v) is 12.5. The number of nitrogens with one attached hydrogen (secondary N) is 6. The Morgan fingerprint density at radius 3 is 2.19 bits per heavy atom. The Kier molecular flexibility index (Phi) is 13.2. The van der Waals surface area contributed by atoms with Gasteiger partial charge in [0.1, 0.15) is 11.5 Å². The summed E-state index contributed by atoms with van der Waals surface area (Å²) in [6.45, 7) is 7.20. The SMILES string of the molecule is CC1(C)N[C@@H](C(=O)Nc2ccc(C(=O)NCCOCCOCCOCCNc3cccc4c3CN(C3CCC(=O)NC3=O)C4=O)cc2)[C@H](c2ccccc2)[C@]12C(=O)Nc1ccccc12. The Morgan fingerprint density at radius 1 is 0.766 bits per heavy atom. The second-order valence-corrected chi connectivity index (χ2v) is 16.8. The first-order chi connectivity index (χ1) is 31.0. The molecule has 0 aliphatic carbocycles. The molecule has 0 aromatic heterocycles. The minimum Gasteiger partial charge on any atom is -0.382 e. The predicted octanol–water partition coefficient (Wildman–Crippen LogP) is 3.70. The van der Waals surface area contributed by atoms with E-state index in [1.54, 1.807) is 36.4 Å². The number of carbonyl (C=O) groups excluding carboxylic acids is 6. The predicted molar refractivity (Wildman–Crippen MR) is 238 cm³/mol. The van der Waals surface area contributed by atoms with E-state index in [0.29, 0.717) is 82.5 Å². The van der Waals surface area contributed by atoms with Crippen LogP contribution in [0.4, 0.5) is 17.1 Å². The summed E-state index contributed by atoms with van der Waals surface area (Å²) in [5.74, 6) is -2.20. The molecule has 4 atom stereocenters. The van der Waals surface area contributed by atoms with E-state index in [1.807, 2.05) is 74.5 Å². The fraction of sp³-hybridized carbons (Fsp3) is 0.375. The van der Waals surface area contributed by atoms with Crippen molar-refractivity contribution in [2.45, 2.75) is 62.2 Å². The van der Waals surface area contributed by atoms with Gasteiger partial charge < -0.3 is 40.4 Å². The largest absolute Gasteiger partial charge is 0.382 e. The molecule has 1 unspecified atom stereocenters. The molecule has 4 aromatic rings. The molecule has 16 heteroatoms. The lowest BCUT2D eigenvalue weighted by Gasteiger charge is -2.40. The van der Waals surface area contributed by atoms with Crippen LogP contribution < -0.4 is 31.9 Å². The zero-order valence-corrected chi connectivity index (χ0v) is 35.9. The summed E-state index contributed by atoms with van der Waals surface area (Å²) >= 11 is 0. The van der Waals surface area contributed by atoms with Gasteiger partial charge in [0.05, 0.1) is 45.7 Å². The number of piperidine rings is 1. The van der Waals surface area contributed by atoms with E-state index in [4.69, 9.17) is 14.2 Å². The van der Waals surface area contributed by atoms with Gasteiger partial charge in [0.25, 0.3) is 11.8 Å². The molecule has 4 aliphatic rings. The summed E-state index contributed by atoms with van der Waals surface area (Å²) in [4.78, 5) is 79.5. The molecule has 4 heterocycles. The van der Waals surface area contributed by atoms with Crippen LogP contribution in [0.15, 0.2) is 97.1 Å². The van der Waals surface area contributed by atoms with E-state index in [1.165, 1.54) is 4.90 Å². The number of amides is 6. The van der Waals surface area contributed by atoms with E-state index in [2.05, 4.69) is 31.9 Å². The lowest BCUT2D eigenvalue weighted by Crippen LogP contribution is -2.55. The fourth-order valence-electron chi connectivity index (χ4n) is 9.57. The molecule has 1 spiro atoms. The number of ether oxygens (including phenoxy) is 3. The van der Waals surface area contributed by atoms with Crippen LogP contribution in [0.2, 0.25) is 0 Å². The van der Waals surface area contributed by atoms with Crippen molar-refractivity contribution in [3.63, 3.8) is 0 Å². The molecule has 0 radical (unpaired) electrons. The molecule has 4 aliphatic heterocycles. The molecule has 334 valence electrons. The van der Waals surface area contributed by atoms with Crippen molar-refractivity contribution in [2.75, 3.05) is 68.7 Å². The Morgan fingerprint density at radius 2 is 1.45 bits per heavy atom. The molecular weight excluding hydrogens is 819 g/mol. The van der Waals surface area contributed by atoms with E-state index >= 15 is 0 Å². The van der Waals surface area contributed by atoms with E-state index in [-0.39, 0.29) is 36.0 Å². The van der Waals surface area contributed by atoms with Crippen LogP contribution in [0.1, 0.15) is 70.0 Å². The molecule has 2 saturated heterocycles. The Balaban J connectivity index is 0.713. The first-order valence-electron chi connectivity index (χ1n) is 21.7. The standard InChI is InChI=1S/C48H53N7O9/c1-47(2)48(35-12-6-7-13-37(35)52-46(48)61)40(30-9-4-3-5-10-30)41(54-47)44(59)51-32-17-15-31(16-18-32)42(57)50-22-24-63-26-28-64-27-25-62-23-21-49-36-14-8-11-33-34(36)29-55(45(33)60)38-19-20-39(56)53-43(38)58/h3-18,38,40-41,49,54H,19-29H2,1-2H3,(H,50,57)(H,51,59)(H,52,61)(H,53,56,58)/t38?,40-,41+,48+/m0/s1. The van der Waals surface area contributed by atoms with Gasteiger partial charge >= 0.3 is 0 Å². The van der Waals surface area contributed by atoms with Gasteiger partial charge in [0.15, 0.2) is 0 Å². The van der Waals surface area contributed by atoms with Crippen molar-refractivity contribution in [1.29, 1.82) is 0 Å². The molecule has 8 rings (SSSR count). The summed E-state index contributed by atoms with van der Waals surface area (Å²) < 4.78 is 16.9. The van der Waals surface area contributed by atoms with Crippen molar-refractivity contribution < 1.29 is 43.0 Å². The summed E-state index contributed by atoms with van der Waals surface area (Å²) in [5, 5.41) is 18.1. The highest BCUT2D eigenvalue weighted by molar-refractivity contribution is 6.11. The van der Waals surface area contributed by atoms with Crippen molar-refractivity contribution in [2.24, 2.45) is 0 Å². The minimum atomic E-state index is -1.05. The lowest BCUT2D eigenvalue weighted by molar-refractivity contribution is -0.137. The molecule has 0 saturated carbocycles. The Bertz CT molecular complexity index is 2410. The van der Waals surface area contributed by atoms with Crippen LogP contribution in [0.25, 0.3) is 0 Å². The highest BCUT2D eigenvalue weighted by Crippen LogP contribution is 2.58. The lowest BCUT2D eigenvalue weighted by atomic mass is 9.60. The number of nitrogens with zero attached hydrogens (tertiary/aromatic N) is 1. The molecule has 16 nitrogen and oxygen atoms in total. The van der Waals surface area contributed by atoms with Crippen molar-refractivity contribution in [3.8, 4) is 0 Å². The second-order valence-electron chi connectivity index (χ2n) is 16.8. The number of benzene rings is 4. The molecule has 4 aromatic carbocycles. The summed E-state index contributed by atoms with van der Waals surface area (Å²) in [6, 6.07) is 28.0. The van der Waals surface area contributed by atoms with Crippen LogP contribution >= 0.6 is 0 Å². The first kappa shape index (κ1) is 44.2. The average molecular weight is 872 g/mol. The highest BCUT2D eigenvalue weighted by atomic mass is 16.5. The highest BCUT2D eigenvalue weighted by Gasteiger charge is 2.69. The molecule has 64 heavy (non-hydrogen) atoms. The Hall–Kier alpha value is -6.46. The molecule has 6 N–H and O–H groups in total. The van der Waals surface area contributed by atoms with Crippen LogP contribution in [-0.4, -0.2) is 111 Å². The number of hydrogen-bond donors (Lipinski definition) is 6. The van der Waals surface area contributed by atoms with Crippen LogP contribution in [0.5, 0.6) is 0 Å². The number of para-hydroxylation sites is 1. The van der Waals surface area contributed by atoms with Crippen molar-refractivity contribution >= 4 is 52.5 Å². The monoisotopic (exact) mass is 871 g/mol. The van der Waals surface area contributed by atoms with E-state index < -0.39 is 34.9 Å². The van der Waals surface area contributed by atoms with Crippen molar-refractivity contribution in [3.05, 3.63) is 125 Å². The van der Waals surface area contributed by atoms with Gasteiger partial charge in [0.2, 0.25) is 23.6 Å². The summed E-state index contributed by atoms with van der Waals surface area (Å²) in [5.41, 5.74) is 3.76. The number of hydrogen-bond acceptors (Lipinski definition) is 11. The number of anilines is 3. The molecule has 6 amide bonds. The minimum absolute atomic E-state index is 0.147. The van der Waals surface area contributed by atoms with E-state index in [9.17, 15) is 28.8 Å². The second kappa shape index (κ2) is 19.1. The van der Waals surface area contributed by atoms with Gasteiger partial charge in [-0.15, -0.1) is 0 Å². The van der Waals surface area contributed by atoms with Crippen molar-refractivity contribution in [1.82, 2.24) is 20.9 Å². The zero-order chi connectivity index (χ0) is 44.8. The topological polar surface area (TPSA) is 206 Å². The third-order valence-electron chi connectivity index (χ3n) is 12.5. The fourth-order valence-corrected chi connectivity index (χ4v) is 9.57. The number of carbonyl (C=O) groups is 6. The molecule has 0 bridgehead atoms. The Labute approximate surface area is 371 Å². The van der Waals surface area contributed by atoms with Gasteiger partial charge in [-0.2, -0.15) is 0 Å². The first-order valence-corrected chi connectivity index (χ1v) is 21.7. The van der Waals surface area contributed by atoms with Gasteiger partial charge in [-0.25, -0.2) is 0 Å². The van der Waals surface area contributed by atoms with Gasteiger partial charge in [-0.3, -0.25) is 39.4 Å². The summed E-state index contributed by atoms with van der Waals surface area (Å²) in [6.07, 6.45) is 0.519. The average Bonchev–Trinajstić information content (AvgIpc) is 3.88. The van der Waals surface area contributed by atoms with Crippen LogP contribution in [0, 0.1) is 0 Å². The third kappa shape index (κ3) is 8.73. The van der Waals surface area contributed by atoms with Crippen LogP contribution in [-0.2, 0) is 45.3 Å². The smallest absolute Gasteiger partial charge is 0.255 e. The number of imide groups is 1. The molecular formula is C48H53N7O9. The van der Waals surface area contributed by atoms with E-state index in [0.717, 1.165) is 28.1 Å². The number of rotatable bonds is 18. The maximum atomic E-state index is 14.1. The number of fused-ring (bicyclic) bond motifs is 3. The molecule has 2 fully saturated rings. The quantitative estimate of drug-likeness (QED) is 0.0629. The zero-order valence-electron chi connectivity index (χ0n) is 35.9. The maximum Gasteiger partial charge on any atom is 0.255 e. The van der Waals surface area contributed by atoms with Gasteiger partial charge in [0, 0.05) is 71.3 Å². The van der Waals surface area contributed by atoms with Crippen LogP contribution in [0.3, 0.4) is 0 Å². The van der Waals surface area contributed by atoms with Gasteiger partial charge in [-0.05, 0) is 73.9 Å². The van der Waals surface area contributed by atoms with Gasteiger partial charge in [-0.1, -0.05) is 54.6 Å². The summed E-state index contributed by atoms with van der Waals surface area (Å²) in [7, 11) is 0. The maximum absolute atomic E-state index is 14.1.